The van der Waals surface area contributed by atoms with Gasteiger partial charge in [-0.2, -0.15) is 0 Å². The standard InChI is InChI=1S/C22H15ClN2O/c23-19-11-5-10-17-20(15-8-4-9-16(24)12-15)18(13-25-21(17)19)22(26)14-6-2-1-3-7-14/h1-13H,24H2. The zero-order chi connectivity index (χ0) is 18.1. The van der Waals surface area contributed by atoms with Gasteiger partial charge in [0.2, 0.25) is 0 Å². The Morgan fingerprint density at radius 1 is 0.923 bits per heavy atom. The Hall–Kier alpha value is -3.17. The molecule has 4 rings (SSSR count). The number of pyridine rings is 1. The van der Waals surface area contributed by atoms with E-state index in [1.807, 2.05) is 54.6 Å². The molecular formula is C22H15ClN2O. The highest BCUT2D eigenvalue weighted by Gasteiger charge is 2.19. The Morgan fingerprint density at radius 3 is 2.46 bits per heavy atom. The number of nitrogens with zero attached hydrogens (tertiary/aromatic N) is 1. The van der Waals surface area contributed by atoms with E-state index >= 15 is 0 Å². The predicted octanol–water partition coefficient (Wildman–Crippen LogP) is 5.37. The summed E-state index contributed by atoms with van der Waals surface area (Å²) in [4.78, 5) is 17.6. The van der Waals surface area contributed by atoms with Crippen molar-refractivity contribution >= 4 is 34.0 Å². The number of hydrogen-bond donors (Lipinski definition) is 1. The van der Waals surface area contributed by atoms with Crippen molar-refractivity contribution < 1.29 is 4.79 Å². The first-order valence-electron chi connectivity index (χ1n) is 8.18. The fourth-order valence-electron chi connectivity index (χ4n) is 3.11. The normalized spacial score (nSPS) is 10.8. The summed E-state index contributed by atoms with van der Waals surface area (Å²) in [5.74, 6) is -0.0857. The lowest BCUT2D eigenvalue weighted by atomic mass is 9.92. The van der Waals surface area contributed by atoms with Crippen LogP contribution in [0.25, 0.3) is 22.0 Å². The highest BCUT2D eigenvalue weighted by molar-refractivity contribution is 6.35. The Bertz CT molecular complexity index is 1120. The summed E-state index contributed by atoms with van der Waals surface area (Å²) >= 11 is 6.32. The lowest BCUT2D eigenvalue weighted by molar-refractivity contribution is 0.103. The fraction of sp³-hybridized carbons (Fsp3) is 0. The number of carbonyl (C=O) groups excluding carboxylic acids is 1. The number of nitrogen functional groups attached to an aromatic ring is 1. The molecule has 2 N–H and O–H groups in total. The largest absolute Gasteiger partial charge is 0.399 e. The van der Waals surface area contributed by atoms with Crippen LogP contribution in [-0.4, -0.2) is 10.8 Å². The minimum absolute atomic E-state index is 0.0857. The molecule has 126 valence electrons. The third kappa shape index (κ3) is 2.83. The molecule has 0 aliphatic heterocycles. The Labute approximate surface area is 156 Å². The molecule has 0 aliphatic carbocycles. The summed E-state index contributed by atoms with van der Waals surface area (Å²) in [5, 5.41) is 1.37. The van der Waals surface area contributed by atoms with Crippen LogP contribution in [0.5, 0.6) is 0 Å². The zero-order valence-electron chi connectivity index (χ0n) is 13.8. The van der Waals surface area contributed by atoms with Crippen molar-refractivity contribution in [1.82, 2.24) is 4.98 Å². The number of aromatic nitrogens is 1. The van der Waals surface area contributed by atoms with E-state index < -0.39 is 0 Å². The van der Waals surface area contributed by atoms with E-state index in [1.54, 1.807) is 24.4 Å². The molecule has 0 atom stereocenters. The van der Waals surface area contributed by atoms with Crippen LogP contribution in [0.1, 0.15) is 15.9 Å². The molecule has 4 heteroatoms. The maximum Gasteiger partial charge on any atom is 0.195 e. The molecule has 0 unspecified atom stereocenters. The summed E-state index contributed by atoms with van der Waals surface area (Å²) in [5.41, 5.74) is 10.1. The second kappa shape index (κ2) is 6.62. The van der Waals surface area contributed by atoms with Crippen molar-refractivity contribution in [2.75, 3.05) is 5.73 Å². The van der Waals surface area contributed by atoms with Crippen LogP contribution in [0.2, 0.25) is 5.02 Å². The van der Waals surface area contributed by atoms with Gasteiger partial charge in [0.1, 0.15) is 0 Å². The third-order valence-corrected chi connectivity index (χ3v) is 4.61. The van der Waals surface area contributed by atoms with Crippen molar-refractivity contribution in [3.63, 3.8) is 0 Å². The second-order valence-corrected chi connectivity index (χ2v) is 6.41. The smallest absolute Gasteiger partial charge is 0.195 e. The van der Waals surface area contributed by atoms with E-state index in [1.165, 1.54) is 0 Å². The van der Waals surface area contributed by atoms with Gasteiger partial charge in [-0.05, 0) is 23.8 Å². The molecule has 26 heavy (non-hydrogen) atoms. The number of nitrogens with two attached hydrogens (primary N) is 1. The third-order valence-electron chi connectivity index (χ3n) is 4.30. The minimum atomic E-state index is -0.0857. The molecule has 0 bridgehead atoms. The number of ketones is 1. The quantitative estimate of drug-likeness (QED) is 0.395. The van der Waals surface area contributed by atoms with Crippen LogP contribution in [0.3, 0.4) is 0 Å². The average Bonchev–Trinajstić information content (AvgIpc) is 2.67. The molecule has 0 saturated heterocycles. The first-order chi connectivity index (χ1) is 12.6. The van der Waals surface area contributed by atoms with Crippen molar-refractivity contribution in [2.24, 2.45) is 0 Å². The van der Waals surface area contributed by atoms with Crippen LogP contribution < -0.4 is 5.73 Å². The molecule has 0 saturated carbocycles. The van der Waals surface area contributed by atoms with Crippen LogP contribution in [0.4, 0.5) is 5.69 Å². The Kier molecular flexibility index (Phi) is 4.15. The van der Waals surface area contributed by atoms with Crippen LogP contribution in [-0.2, 0) is 0 Å². The van der Waals surface area contributed by atoms with E-state index in [9.17, 15) is 4.79 Å². The van der Waals surface area contributed by atoms with Crippen molar-refractivity contribution in [2.45, 2.75) is 0 Å². The topological polar surface area (TPSA) is 56.0 Å². The van der Waals surface area contributed by atoms with E-state index in [4.69, 9.17) is 17.3 Å². The van der Waals surface area contributed by atoms with Crippen molar-refractivity contribution in [3.05, 3.63) is 95.1 Å². The second-order valence-electron chi connectivity index (χ2n) is 6.00. The predicted molar refractivity (Wildman–Crippen MR) is 106 cm³/mol. The first kappa shape index (κ1) is 16.3. The van der Waals surface area contributed by atoms with Gasteiger partial charge in [0.25, 0.3) is 0 Å². The number of rotatable bonds is 3. The SMILES string of the molecule is Nc1cccc(-c2c(C(=O)c3ccccc3)cnc3c(Cl)cccc23)c1. The number of hydrogen-bond acceptors (Lipinski definition) is 3. The molecule has 3 nitrogen and oxygen atoms in total. The van der Waals surface area contributed by atoms with E-state index in [-0.39, 0.29) is 5.78 Å². The van der Waals surface area contributed by atoms with Crippen molar-refractivity contribution in [1.29, 1.82) is 0 Å². The van der Waals surface area contributed by atoms with Crippen LogP contribution >= 0.6 is 11.6 Å². The van der Waals surface area contributed by atoms with E-state index in [0.29, 0.717) is 27.4 Å². The molecule has 1 aromatic heterocycles. The van der Waals surface area contributed by atoms with E-state index in [0.717, 1.165) is 16.5 Å². The van der Waals surface area contributed by atoms with Crippen molar-refractivity contribution in [3.8, 4) is 11.1 Å². The number of halogens is 1. The lowest BCUT2D eigenvalue weighted by Crippen LogP contribution is -2.05. The molecule has 0 spiro atoms. The monoisotopic (exact) mass is 358 g/mol. The number of para-hydroxylation sites is 1. The van der Waals surface area contributed by atoms with Gasteiger partial charge in [0.05, 0.1) is 10.5 Å². The summed E-state index contributed by atoms with van der Waals surface area (Å²) in [7, 11) is 0. The lowest BCUT2D eigenvalue weighted by Gasteiger charge is -2.13. The zero-order valence-corrected chi connectivity index (χ0v) is 14.6. The van der Waals surface area contributed by atoms with Crippen LogP contribution in [0.15, 0.2) is 79.0 Å². The minimum Gasteiger partial charge on any atom is -0.399 e. The summed E-state index contributed by atoms with van der Waals surface area (Å²) < 4.78 is 0. The maximum atomic E-state index is 13.1. The van der Waals surface area contributed by atoms with Gasteiger partial charge in [0.15, 0.2) is 5.78 Å². The highest BCUT2D eigenvalue weighted by Crippen LogP contribution is 2.35. The van der Waals surface area contributed by atoms with Crippen LogP contribution in [0, 0.1) is 0 Å². The van der Waals surface area contributed by atoms with Gasteiger partial charge in [-0.15, -0.1) is 0 Å². The number of benzene rings is 3. The summed E-state index contributed by atoms with van der Waals surface area (Å²) in [6, 6.07) is 22.2. The highest BCUT2D eigenvalue weighted by atomic mass is 35.5. The maximum absolute atomic E-state index is 13.1. The van der Waals surface area contributed by atoms with Gasteiger partial charge >= 0.3 is 0 Å². The molecule has 1 heterocycles. The average molecular weight is 359 g/mol. The van der Waals surface area contributed by atoms with Gasteiger partial charge in [-0.1, -0.05) is 66.2 Å². The molecule has 0 radical (unpaired) electrons. The number of fused-ring (bicyclic) bond motifs is 1. The Balaban J connectivity index is 2.05. The molecule has 0 amide bonds. The summed E-state index contributed by atoms with van der Waals surface area (Å²) in [6.45, 7) is 0. The number of anilines is 1. The molecule has 0 fully saturated rings. The van der Waals surface area contributed by atoms with Gasteiger partial charge < -0.3 is 5.73 Å². The molecule has 3 aromatic carbocycles. The van der Waals surface area contributed by atoms with E-state index in [2.05, 4.69) is 4.98 Å². The summed E-state index contributed by atoms with van der Waals surface area (Å²) in [6.07, 6.45) is 1.60. The van der Waals surface area contributed by atoms with Gasteiger partial charge in [-0.3, -0.25) is 9.78 Å². The molecular weight excluding hydrogens is 344 g/mol. The molecule has 4 aromatic rings. The van der Waals surface area contributed by atoms with Gasteiger partial charge in [-0.25, -0.2) is 0 Å². The Morgan fingerprint density at radius 2 is 1.69 bits per heavy atom. The van der Waals surface area contributed by atoms with Gasteiger partial charge in [0, 0.05) is 34.0 Å². The molecule has 0 aliphatic rings. The number of carbonyl (C=O) groups is 1. The fourth-order valence-corrected chi connectivity index (χ4v) is 3.33. The first-order valence-corrected chi connectivity index (χ1v) is 8.56.